The maximum Gasteiger partial charge on any atom is 0.223 e. The maximum absolute atomic E-state index is 11.1. The van der Waals surface area contributed by atoms with Crippen molar-refractivity contribution >= 4 is 11.8 Å². The van der Waals surface area contributed by atoms with E-state index in [4.69, 9.17) is 5.73 Å². The lowest BCUT2D eigenvalue weighted by molar-refractivity contribution is -0.128. The number of nitrogens with two attached hydrogens (primary N) is 1. The highest BCUT2D eigenvalue weighted by Crippen LogP contribution is 1.99. The molecule has 0 aromatic heterocycles. The van der Waals surface area contributed by atoms with E-state index in [0.29, 0.717) is 6.54 Å². The molecule has 0 heterocycles. The summed E-state index contributed by atoms with van der Waals surface area (Å²) in [7, 11) is 0. The lowest BCUT2D eigenvalue weighted by atomic mass is 10.1. The molecule has 0 radical (unpaired) electrons. The molecule has 4 nitrogen and oxygen atoms in total. The smallest absolute Gasteiger partial charge is 0.223 e. The van der Waals surface area contributed by atoms with Crippen molar-refractivity contribution in [3.05, 3.63) is 0 Å². The van der Waals surface area contributed by atoms with Gasteiger partial charge in [-0.2, -0.15) is 0 Å². The fourth-order valence-electron chi connectivity index (χ4n) is 0.817. The van der Waals surface area contributed by atoms with Gasteiger partial charge in [-0.05, 0) is 6.42 Å². The van der Waals surface area contributed by atoms with E-state index in [0.717, 1.165) is 6.42 Å². The second-order valence-corrected chi connectivity index (χ2v) is 2.86. The monoisotopic (exact) mass is 172 g/mol. The minimum absolute atomic E-state index is 0.101. The third-order valence-corrected chi connectivity index (χ3v) is 1.50. The quantitative estimate of drug-likeness (QED) is 0.613. The molecule has 4 heteroatoms. The van der Waals surface area contributed by atoms with Crippen LogP contribution in [-0.2, 0) is 9.59 Å². The Hall–Kier alpha value is -1.06. The largest absolute Gasteiger partial charge is 0.370 e. The summed E-state index contributed by atoms with van der Waals surface area (Å²) < 4.78 is 0. The van der Waals surface area contributed by atoms with E-state index in [9.17, 15) is 9.59 Å². The lowest BCUT2D eigenvalue weighted by Crippen LogP contribution is -2.32. The molecule has 0 aliphatic rings. The van der Waals surface area contributed by atoms with Crippen molar-refractivity contribution in [1.29, 1.82) is 0 Å². The number of hydrogen-bond donors (Lipinski definition) is 2. The molecule has 0 bridgehead atoms. The summed E-state index contributed by atoms with van der Waals surface area (Å²) in [6, 6.07) is 0. The summed E-state index contributed by atoms with van der Waals surface area (Å²) in [4.78, 5) is 21.5. The van der Waals surface area contributed by atoms with Crippen molar-refractivity contribution in [3.8, 4) is 0 Å². The minimum atomic E-state index is -0.436. The molecule has 0 fully saturated rings. The van der Waals surface area contributed by atoms with E-state index >= 15 is 0 Å². The topological polar surface area (TPSA) is 72.2 Å². The van der Waals surface area contributed by atoms with Crippen LogP contribution in [0.1, 0.15) is 26.7 Å². The highest BCUT2D eigenvalue weighted by Gasteiger charge is 2.13. The van der Waals surface area contributed by atoms with Crippen LogP contribution in [0.4, 0.5) is 0 Å². The van der Waals surface area contributed by atoms with Gasteiger partial charge in [-0.25, -0.2) is 0 Å². The van der Waals surface area contributed by atoms with Gasteiger partial charge in [-0.1, -0.05) is 13.8 Å². The number of rotatable bonds is 5. The van der Waals surface area contributed by atoms with E-state index in [2.05, 4.69) is 5.32 Å². The Morgan fingerprint density at radius 2 is 2.08 bits per heavy atom. The zero-order valence-corrected chi connectivity index (χ0v) is 7.59. The predicted molar refractivity (Wildman–Crippen MR) is 46.3 cm³/mol. The van der Waals surface area contributed by atoms with Gasteiger partial charge in [-0.15, -0.1) is 0 Å². The van der Waals surface area contributed by atoms with Gasteiger partial charge in [0.1, 0.15) is 0 Å². The average Bonchev–Trinajstić information content (AvgIpc) is 1.98. The third kappa shape index (κ3) is 4.71. The summed E-state index contributed by atoms with van der Waals surface area (Å²) in [6.07, 6.45) is 1.02. The number of nitrogens with one attached hydrogen (secondary N) is 1. The first kappa shape index (κ1) is 10.9. The molecular weight excluding hydrogens is 156 g/mol. The van der Waals surface area contributed by atoms with Crippen LogP contribution in [0.2, 0.25) is 0 Å². The molecule has 1 unspecified atom stereocenters. The Kier molecular flexibility index (Phi) is 5.08. The molecule has 0 rings (SSSR count). The molecule has 2 amide bonds. The van der Waals surface area contributed by atoms with Crippen LogP contribution < -0.4 is 11.1 Å². The molecule has 70 valence electrons. The molecule has 0 saturated heterocycles. The van der Waals surface area contributed by atoms with Crippen molar-refractivity contribution in [2.24, 2.45) is 11.7 Å². The first-order chi connectivity index (χ1) is 5.57. The molecule has 1 atom stereocenters. The summed E-state index contributed by atoms with van der Waals surface area (Å²) in [5.41, 5.74) is 4.94. The van der Waals surface area contributed by atoms with E-state index in [1.807, 2.05) is 6.92 Å². The van der Waals surface area contributed by atoms with Gasteiger partial charge in [0.2, 0.25) is 11.8 Å². The molecule has 0 aliphatic carbocycles. The average molecular weight is 172 g/mol. The first-order valence-corrected chi connectivity index (χ1v) is 4.14. The number of carbonyl (C=O) groups excluding carboxylic acids is 2. The Bertz CT molecular complexity index is 168. The van der Waals surface area contributed by atoms with Gasteiger partial charge >= 0.3 is 0 Å². The number of carbonyl (C=O) groups is 2. The Morgan fingerprint density at radius 3 is 2.50 bits per heavy atom. The fraction of sp³-hybridized carbons (Fsp3) is 0.750. The maximum atomic E-state index is 11.1. The van der Waals surface area contributed by atoms with Gasteiger partial charge in [0.05, 0.1) is 0 Å². The molecule has 0 spiro atoms. The summed E-state index contributed by atoms with van der Waals surface area (Å²) in [5, 5.41) is 2.69. The van der Waals surface area contributed by atoms with Gasteiger partial charge < -0.3 is 11.1 Å². The number of hydrogen-bond acceptors (Lipinski definition) is 2. The second kappa shape index (κ2) is 5.57. The summed E-state index contributed by atoms with van der Waals surface area (Å²) in [5.74, 6) is -0.848. The number of primary amides is 1. The Balaban J connectivity index is 3.69. The minimum Gasteiger partial charge on any atom is -0.370 e. The van der Waals surface area contributed by atoms with Gasteiger partial charge in [0.15, 0.2) is 0 Å². The van der Waals surface area contributed by atoms with Crippen molar-refractivity contribution < 1.29 is 9.59 Å². The van der Waals surface area contributed by atoms with Crippen LogP contribution in [0.5, 0.6) is 0 Å². The fourth-order valence-corrected chi connectivity index (χ4v) is 0.817. The van der Waals surface area contributed by atoms with Gasteiger partial charge in [0, 0.05) is 18.9 Å². The van der Waals surface area contributed by atoms with E-state index in [1.165, 1.54) is 0 Å². The van der Waals surface area contributed by atoms with E-state index < -0.39 is 5.91 Å². The lowest BCUT2D eigenvalue weighted by Gasteiger charge is -2.08. The zero-order chi connectivity index (χ0) is 9.56. The van der Waals surface area contributed by atoms with Crippen LogP contribution in [0, 0.1) is 5.92 Å². The van der Waals surface area contributed by atoms with E-state index in [1.54, 1.807) is 6.92 Å². The van der Waals surface area contributed by atoms with Crippen LogP contribution in [0.3, 0.4) is 0 Å². The van der Waals surface area contributed by atoms with Crippen molar-refractivity contribution in [2.75, 3.05) is 6.54 Å². The van der Waals surface area contributed by atoms with Crippen LogP contribution in [-0.4, -0.2) is 18.4 Å². The predicted octanol–water partition coefficient (Wildman–Crippen LogP) is 0.0241. The standard InChI is InChI=1S/C8H16N2O2/c1-3-4-10-8(12)6(2)5-7(9)11/h6H,3-5H2,1-2H3,(H2,9,11)(H,10,12). The molecule has 0 saturated carbocycles. The highest BCUT2D eigenvalue weighted by molar-refractivity contribution is 5.84. The van der Waals surface area contributed by atoms with Crippen molar-refractivity contribution in [3.63, 3.8) is 0 Å². The second-order valence-electron chi connectivity index (χ2n) is 2.86. The molecular formula is C8H16N2O2. The van der Waals surface area contributed by atoms with Crippen LogP contribution in [0.25, 0.3) is 0 Å². The summed E-state index contributed by atoms with van der Waals surface area (Å²) >= 11 is 0. The van der Waals surface area contributed by atoms with Crippen LogP contribution >= 0.6 is 0 Å². The molecule has 0 aromatic rings. The van der Waals surface area contributed by atoms with Gasteiger partial charge in [0.25, 0.3) is 0 Å². The Labute approximate surface area is 72.5 Å². The normalized spacial score (nSPS) is 12.2. The molecule has 0 aromatic carbocycles. The van der Waals surface area contributed by atoms with Gasteiger partial charge in [-0.3, -0.25) is 9.59 Å². The molecule has 3 N–H and O–H groups in total. The van der Waals surface area contributed by atoms with Crippen molar-refractivity contribution in [2.45, 2.75) is 26.7 Å². The first-order valence-electron chi connectivity index (χ1n) is 4.14. The Morgan fingerprint density at radius 1 is 1.50 bits per heavy atom. The SMILES string of the molecule is CCCNC(=O)C(C)CC(N)=O. The van der Waals surface area contributed by atoms with Crippen LogP contribution in [0.15, 0.2) is 0 Å². The van der Waals surface area contributed by atoms with E-state index in [-0.39, 0.29) is 18.2 Å². The van der Waals surface area contributed by atoms with Crippen molar-refractivity contribution in [1.82, 2.24) is 5.32 Å². The summed E-state index contributed by atoms with van der Waals surface area (Å²) in [6.45, 7) is 4.32. The molecule has 0 aliphatic heterocycles. The molecule has 12 heavy (non-hydrogen) atoms. The highest BCUT2D eigenvalue weighted by atomic mass is 16.2. The number of amides is 2. The zero-order valence-electron chi connectivity index (χ0n) is 7.59. The third-order valence-electron chi connectivity index (χ3n) is 1.50.